The quantitative estimate of drug-likeness (QED) is 0.116. The minimum absolute atomic E-state index is 0. The summed E-state index contributed by atoms with van der Waals surface area (Å²) >= 11 is 6.65. The van der Waals surface area contributed by atoms with Gasteiger partial charge in [0, 0.05) is 37.6 Å². The number of piperidine rings is 2. The third kappa shape index (κ3) is 10.5. The maximum atomic E-state index is 13.3. The number of hydrogen-bond donors (Lipinski definition) is 7. The summed E-state index contributed by atoms with van der Waals surface area (Å²) in [6.07, 6.45) is 7.00. The average molecular weight is 705 g/mol. The third-order valence-corrected chi connectivity index (χ3v) is 8.37. The molecule has 0 radical (unpaired) electrons. The van der Waals surface area contributed by atoms with Crippen molar-refractivity contribution in [1.82, 2.24) is 39.6 Å². The zero-order chi connectivity index (χ0) is 29.8. The molecule has 2 aliphatic rings. The molecule has 3 aromatic rings. The Morgan fingerprint density at radius 3 is 1.81 bits per heavy atom. The van der Waals surface area contributed by atoms with Gasteiger partial charge in [0.25, 0.3) is 5.91 Å². The molecule has 2 fully saturated rings. The SMILES string of the molecule is CC(C)c1cc(C(=O)Nc2ccc(Nc3nc(N4CCCCC4)nc(N4CCCCC4)n3)cc2Cl)c(O)c(C(C)C)c1.Cl.N.N.N.N.[HH].[HH].[HH].[HH]. The second-order valence-corrected chi connectivity index (χ2v) is 12.4. The van der Waals surface area contributed by atoms with Gasteiger partial charge in [-0.2, -0.15) is 15.0 Å². The molecule has 1 amide bonds. The number of hydrogen-bond acceptors (Lipinski definition) is 12. The normalized spacial score (nSPS) is 14.1. The van der Waals surface area contributed by atoms with Crippen molar-refractivity contribution in [3.05, 3.63) is 52.0 Å². The van der Waals surface area contributed by atoms with Crippen LogP contribution in [0, 0.1) is 0 Å². The van der Waals surface area contributed by atoms with Crippen molar-refractivity contribution in [2.75, 3.05) is 46.6 Å². The second kappa shape index (κ2) is 19.4. The summed E-state index contributed by atoms with van der Waals surface area (Å²) < 4.78 is 0. The number of aromatic hydroxyl groups is 1. The maximum absolute atomic E-state index is 13.3. The Bertz CT molecular complexity index is 1410. The Morgan fingerprint density at radius 1 is 0.809 bits per heavy atom. The molecule has 15 N–H and O–H groups in total. The molecule has 3 heterocycles. The van der Waals surface area contributed by atoms with Crippen LogP contribution in [0.25, 0.3) is 0 Å². The Labute approximate surface area is 296 Å². The highest BCUT2D eigenvalue weighted by molar-refractivity contribution is 6.34. The van der Waals surface area contributed by atoms with E-state index in [4.69, 9.17) is 26.6 Å². The number of phenolic OH excluding ortho intramolecular Hbond substituents is 1. The Morgan fingerprint density at radius 2 is 1.34 bits per heavy atom. The molecule has 0 unspecified atom stereocenters. The molecule has 5 rings (SSSR count). The summed E-state index contributed by atoms with van der Waals surface area (Å²) in [5, 5.41) is 17.4. The van der Waals surface area contributed by atoms with Gasteiger partial charge in [0.1, 0.15) is 5.75 Å². The van der Waals surface area contributed by atoms with Crippen LogP contribution in [0.15, 0.2) is 30.3 Å². The first-order valence-electron chi connectivity index (χ1n) is 15.2. The van der Waals surface area contributed by atoms with Crippen molar-refractivity contribution in [1.29, 1.82) is 0 Å². The number of anilines is 5. The lowest BCUT2D eigenvalue weighted by molar-refractivity contribution is 0.102. The van der Waals surface area contributed by atoms with Gasteiger partial charge in [0.2, 0.25) is 17.8 Å². The van der Waals surface area contributed by atoms with E-state index >= 15 is 0 Å². The van der Waals surface area contributed by atoms with Crippen molar-refractivity contribution in [2.45, 2.75) is 78.1 Å². The summed E-state index contributed by atoms with van der Waals surface area (Å²) in [6.45, 7) is 11.9. The van der Waals surface area contributed by atoms with Crippen LogP contribution in [0.4, 0.5) is 29.2 Å². The molecule has 0 atom stereocenters. The number of nitrogens with one attached hydrogen (secondary N) is 2. The van der Waals surface area contributed by atoms with Gasteiger partial charge >= 0.3 is 0 Å². The summed E-state index contributed by atoms with van der Waals surface area (Å²) in [5.74, 6) is 1.75. The second-order valence-electron chi connectivity index (χ2n) is 11.9. The van der Waals surface area contributed by atoms with Gasteiger partial charge in [0.15, 0.2) is 0 Å². The predicted molar refractivity (Wildman–Crippen MR) is 207 cm³/mol. The molecule has 15 heteroatoms. The maximum Gasteiger partial charge on any atom is 0.259 e. The number of phenols is 1. The first-order chi connectivity index (χ1) is 20.2. The summed E-state index contributed by atoms with van der Waals surface area (Å²) in [5.41, 5.74) is 3.14. The molecule has 0 spiro atoms. The first kappa shape index (κ1) is 43.5. The topological polar surface area (TPSA) is 247 Å². The van der Waals surface area contributed by atoms with E-state index in [9.17, 15) is 9.90 Å². The molecule has 0 saturated carbocycles. The van der Waals surface area contributed by atoms with Gasteiger partial charge in [-0.05, 0) is 85.8 Å². The Hall–Kier alpha value is -3.46. The van der Waals surface area contributed by atoms with Crippen LogP contribution in [0.2, 0.25) is 5.02 Å². The Balaban J connectivity index is -0.000000784. The van der Waals surface area contributed by atoms with Crippen LogP contribution in [-0.2, 0) is 0 Å². The number of halogens is 2. The van der Waals surface area contributed by atoms with Gasteiger partial charge in [-0.3, -0.25) is 4.79 Å². The predicted octanol–water partition coefficient (Wildman–Crippen LogP) is 9.51. The third-order valence-electron chi connectivity index (χ3n) is 8.06. The molecule has 2 aliphatic heterocycles. The number of benzene rings is 2. The van der Waals surface area contributed by atoms with Gasteiger partial charge < -0.3 is 50.1 Å². The van der Waals surface area contributed by atoms with Crippen molar-refractivity contribution in [3.63, 3.8) is 0 Å². The first-order valence-corrected chi connectivity index (χ1v) is 15.6. The summed E-state index contributed by atoms with van der Waals surface area (Å²) in [7, 11) is 0. The van der Waals surface area contributed by atoms with Crippen LogP contribution in [0.3, 0.4) is 0 Å². The standard InChI is InChI=1S/C32H42ClN7O2.ClH.4H3N.4H2/c1-20(2)22-17-24(21(3)4)28(41)25(18-22)29(42)35-27-12-11-23(19-26(27)33)34-30-36-31(39-13-7-5-8-14-39)38-32(37-30)40-15-9-6-10-16-40;;;;;;;;;/h11-12,17-21,41H,5-10,13-16H2,1-4H3,(H,35,42)(H,34,36,37,38);1H;4*1H3;4*1H. The monoisotopic (exact) mass is 703 g/mol. The van der Waals surface area contributed by atoms with Crippen molar-refractivity contribution >= 4 is 59.1 Å². The lowest BCUT2D eigenvalue weighted by Crippen LogP contribution is -2.34. The molecule has 47 heavy (non-hydrogen) atoms. The van der Waals surface area contributed by atoms with E-state index < -0.39 is 5.91 Å². The van der Waals surface area contributed by atoms with E-state index in [1.54, 1.807) is 18.2 Å². The minimum Gasteiger partial charge on any atom is -0.507 e. The molecule has 0 aliphatic carbocycles. The highest BCUT2D eigenvalue weighted by Gasteiger charge is 2.22. The fourth-order valence-electron chi connectivity index (χ4n) is 5.52. The number of rotatable bonds is 8. The van der Waals surface area contributed by atoms with E-state index in [1.807, 2.05) is 26.0 Å². The zero-order valence-corrected chi connectivity index (χ0v) is 29.9. The fraction of sp³-hybridized carbons (Fsp3) is 0.500. The molecular formula is C32H63Cl2N11O2. The van der Waals surface area contributed by atoms with Gasteiger partial charge in [-0.15, -0.1) is 12.4 Å². The summed E-state index contributed by atoms with van der Waals surface area (Å²) in [6, 6.07) is 9.05. The number of nitrogens with zero attached hydrogens (tertiary/aromatic N) is 5. The van der Waals surface area contributed by atoms with E-state index in [0.717, 1.165) is 63.0 Å². The molecule has 2 saturated heterocycles. The molecule has 13 nitrogen and oxygen atoms in total. The lowest BCUT2D eigenvalue weighted by Gasteiger charge is -2.30. The highest BCUT2D eigenvalue weighted by Crippen LogP contribution is 2.35. The van der Waals surface area contributed by atoms with E-state index in [-0.39, 0.29) is 65.9 Å². The van der Waals surface area contributed by atoms with Crippen LogP contribution < -0.4 is 45.0 Å². The van der Waals surface area contributed by atoms with E-state index in [0.29, 0.717) is 34.2 Å². The molecule has 1 aromatic heterocycles. The Kier molecular flexibility index (Phi) is 18.0. The fourth-order valence-corrected chi connectivity index (χ4v) is 5.75. The lowest BCUT2D eigenvalue weighted by atomic mass is 9.91. The van der Waals surface area contributed by atoms with E-state index in [2.05, 4.69) is 34.3 Å². The molecule has 0 bridgehead atoms. The smallest absolute Gasteiger partial charge is 0.259 e. The largest absolute Gasteiger partial charge is 0.507 e. The van der Waals surface area contributed by atoms with E-state index in [1.165, 1.54) is 12.8 Å². The number of carbonyl (C=O) groups excluding carboxylic acids is 1. The highest BCUT2D eigenvalue weighted by atomic mass is 35.5. The number of aromatic nitrogens is 3. The van der Waals surface area contributed by atoms with Crippen molar-refractivity contribution in [2.24, 2.45) is 0 Å². The van der Waals surface area contributed by atoms with Gasteiger partial charge in [-0.25, -0.2) is 0 Å². The van der Waals surface area contributed by atoms with Crippen LogP contribution in [0.1, 0.15) is 105 Å². The van der Waals surface area contributed by atoms with Crippen molar-refractivity contribution in [3.8, 4) is 5.75 Å². The molecule has 2 aromatic carbocycles. The van der Waals surface area contributed by atoms with Crippen LogP contribution in [0.5, 0.6) is 5.75 Å². The summed E-state index contributed by atoms with van der Waals surface area (Å²) in [4.78, 5) is 32.2. The van der Waals surface area contributed by atoms with Gasteiger partial charge in [-0.1, -0.05) is 45.4 Å². The van der Waals surface area contributed by atoms with Crippen LogP contribution in [-0.4, -0.2) is 52.1 Å². The minimum atomic E-state index is -0.408. The van der Waals surface area contributed by atoms with Crippen LogP contribution >= 0.6 is 24.0 Å². The molecular weight excluding hydrogens is 641 g/mol. The number of amides is 1. The van der Waals surface area contributed by atoms with Crippen molar-refractivity contribution < 1.29 is 15.6 Å². The number of carbonyl (C=O) groups is 1. The van der Waals surface area contributed by atoms with Gasteiger partial charge in [0.05, 0.1) is 16.3 Å². The molecule has 272 valence electrons. The zero-order valence-electron chi connectivity index (χ0n) is 28.3. The average Bonchev–Trinajstić information content (AvgIpc) is 2.99.